The van der Waals surface area contributed by atoms with E-state index in [4.69, 9.17) is 5.11 Å². The third-order valence-corrected chi connectivity index (χ3v) is 4.75. The molecule has 1 aromatic heterocycles. The fraction of sp³-hybridized carbons (Fsp3) is 0.333. The van der Waals surface area contributed by atoms with Gasteiger partial charge >= 0.3 is 5.97 Å². The molecule has 2 rings (SSSR count). The number of hydrogen-bond acceptors (Lipinski definition) is 3. The van der Waals surface area contributed by atoms with E-state index in [0.717, 1.165) is 6.42 Å². The van der Waals surface area contributed by atoms with Gasteiger partial charge in [0.15, 0.2) is 0 Å². The number of nitrogens with zero attached hydrogens (tertiary/aromatic N) is 2. The van der Waals surface area contributed by atoms with Gasteiger partial charge in [0.05, 0.1) is 32.7 Å². The summed E-state index contributed by atoms with van der Waals surface area (Å²) in [7, 11) is -1.43. The maximum absolute atomic E-state index is 12.4. The van der Waals surface area contributed by atoms with Crippen LogP contribution in [0, 0.1) is 0 Å². The summed E-state index contributed by atoms with van der Waals surface area (Å²) in [6, 6.07) is 8.49. The maximum atomic E-state index is 12.4. The number of hydrogen-bond donors (Lipinski definition) is 1. The molecule has 0 saturated carbocycles. The lowest BCUT2D eigenvalue weighted by Crippen LogP contribution is -2.08. The normalized spacial score (nSPS) is 13.8. The van der Waals surface area contributed by atoms with Crippen molar-refractivity contribution in [2.75, 3.05) is 0 Å². The molecule has 0 fully saturated rings. The Labute approximate surface area is 126 Å². The topological polar surface area (TPSA) is 72.2 Å². The predicted molar refractivity (Wildman–Crippen MR) is 80.7 cm³/mol. The zero-order valence-corrected chi connectivity index (χ0v) is 12.8. The number of carboxylic acids is 1. The largest absolute Gasteiger partial charge is 0.478 e. The van der Waals surface area contributed by atoms with Crippen molar-refractivity contribution in [3.63, 3.8) is 0 Å². The van der Waals surface area contributed by atoms with Crippen LogP contribution in [0.3, 0.4) is 0 Å². The molecule has 1 aromatic carbocycles. The number of rotatable bonds is 6. The highest BCUT2D eigenvalue weighted by atomic mass is 32.2. The Morgan fingerprint density at radius 3 is 2.76 bits per heavy atom. The lowest BCUT2D eigenvalue weighted by molar-refractivity contribution is 0.0693. The highest BCUT2D eigenvalue weighted by molar-refractivity contribution is 7.84. The molecule has 0 aliphatic carbocycles. The number of aromatic carboxylic acids is 1. The molecule has 0 radical (unpaired) electrons. The Morgan fingerprint density at radius 2 is 2.10 bits per heavy atom. The van der Waals surface area contributed by atoms with Crippen molar-refractivity contribution in [2.45, 2.75) is 37.0 Å². The summed E-state index contributed by atoms with van der Waals surface area (Å²) in [4.78, 5) is 11.5. The van der Waals surface area contributed by atoms with Crippen LogP contribution in [0.25, 0.3) is 0 Å². The van der Waals surface area contributed by atoms with Gasteiger partial charge in [0, 0.05) is 12.2 Å². The first kappa shape index (κ1) is 15.4. The smallest absolute Gasteiger partial charge is 0.336 e. The Morgan fingerprint density at radius 1 is 1.38 bits per heavy atom. The highest BCUT2D eigenvalue weighted by Gasteiger charge is 2.16. The molecule has 0 aliphatic heterocycles. The predicted octanol–water partition coefficient (Wildman–Crippen LogP) is 2.86. The molecule has 6 heteroatoms. The highest BCUT2D eigenvalue weighted by Crippen LogP contribution is 2.17. The molecule has 21 heavy (non-hydrogen) atoms. The molecule has 1 heterocycles. The van der Waals surface area contributed by atoms with Gasteiger partial charge in [0.1, 0.15) is 0 Å². The van der Waals surface area contributed by atoms with E-state index in [-0.39, 0.29) is 11.3 Å². The van der Waals surface area contributed by atoms with Gasteiger partial charge in [-0.15, -0.1) is 0 Å². The van der Waals surface area contributed by atoms with Crippen LogP contribution >= 0.6 is 0 Å². The summed E-state index contributed by atoms with van der Waals surface area (Å²) in [6.07, 6.45) is 2.83. The summed E-state index contributed by atoms with van der Waals surface area (Å²) >= 11 is 0. The third kappa shape index (κ3) is 3.58. The van der Waals surface area contributed by atoms with E-state index in [1.165, 1.54) is 6.07 Å². The van der Waals surface area contributed by atoms with E-state index in [9.17, 15) is 9.00 Å². The summed E-state index contributed by atoms with van der Waals surface area (Å²) in [6.45, 7) is 4.14. The van der Waals surface area contributed by atoms with E-state index in [2.05, 4.69) is 18.9 Å². The molecule has 0 aliphatic rings. The van der Waals surface area contributed by atoms with E-state index < -0.39 is 16.8 Å². The fourth-order valence-electron chi connectivity index (χ4n) is 1.94. The van der Waals surface area contributed by atoms with Crippen LogP contribution in [0.5, 0.6) is 0 Å². The average molecular weight is 306 g/mol. The Kier molecular flexibility index (Phi) is 4.90. The Hall–Kier alpha value is -1.95. The lowest BCUT2D eigenvalue weighted by Gasteiger charge is -2.08. The third-order valence-electron chi connectivity index (χ3n) is 3.35. The summed E-state index contributed by atoms with van der Waals surface area (Å²) in [5.74, 6) is -0.850. The number of carboxylic acid groups (broad SMARTS) is 1. The second-order valence-electron chi connectivity index (χ2n) is 4.84. The SMILES string of the molecule is CCC(C)n1ccc(CS(=O)c2ccccc2C(=O)O)n1. The molecule has 2 aromatic rings. The van der Waals surface area contributed by atoms with Crippen molar-refractivity contribution < 1.29 is 14.1 Å². The molecule has 5 nitrogen and oxygen atoms in total. The summed E-state index contributed by atoms with van der Waals surface area (Å²) < 4.78 is 14.2. The zero-order valence-electron chi connectivity index (χ0n) is 12.0. The Balaban J connectivity index is 2.19. The molecule has 112 valence electrons. The minimum absolute atomic E-state index is 0.0807. The van der Waals surface area contributed by atoms with Gasteiger partial charge in [-0.1, -0.05) is 19.1 Å². The van der Waals surface area contributed by atoms with Crippen LogP contribution in [0.1, 0.15) is 42.4 Å². The van der Waals surface area contributed by atoms with Crippen molar-refractivity contribution in [2.24, 2.45) is 0 Å². The van der Waals surface area contributed by atoms with Crippen molar-refractivity contribution in [1.29, 1.82) is 0 Å². The van der Waals surface area contributed by atoms with Gasteiger partial charge in [0.2, 0.25) is 0 Å². The molecule has 2 unspecified atom stereocenters. The summed E-state index contributed by atoms with van der Waals surface area (Å²) in [5, 5.41) is 13.5. The average Bonchev–Trinajstić information content (AvgIpc) is 2.94. The number of carbonyl (C=O) groups is 1. The van der Waals surface area contributed by atoms with Crippen LogP contribution in [0.4, 0.5) is 0 Å². The van der Waals surface area contributed by atoms with Gasteiger partial charge in [-0.25, -0.2) is 4.79 Å². The second-order valence-corrected chi connectivity index (χ2v) is 6.26. The van der Waals surface area contributed by atoms with Gasteiger partial charge in [0.25, 0.3) is 0 Å². The van der Waals surface area contributed by atoms with Crippen LogP contribution in [0.15, 0.2) is 41.4 Å². The lowest BCUT2D eigenvalue weighted by atomic mass is 10.2. The monoisotopic (exact) mass is 306 g/mol. The zero-order chi connectivity index (χ0) is 15.4. The molecule has 1 N–H and O–H groups in total. The van der Waals surface area contributed by atoms with Crippen LogP contribution in [-0.4, -0.2) is 25.1 Å². The van der Waals surface area contributed by atoms with Crippen molar-refractivity contribution >= 4 is 16.8 Å². The quantitative estimate of drug-likeness (QED) is 0.890. The Bertz CT molecular complexity index is 666. The van der Waals surface area contributed by atoms with E-state index >= 15 is 0 Å². The number of aromatic nitrogens is 2. The van der Waals surface area contributed by atoms with Crippen LogP contribution < -0.4 is 0 Å². The molecule has 0 bridgehead atoms. The van der Waals surface area contributed by atoms with E-state index in [1.807, 2.05) is 16.9 Å². The maximum Gasteiger partial charge on any atom is 0.336 e. The molecule has 0 saturated heterocycles. The van der Waals surface area contributed by atoms with Crippen molar-refractivity contribution in [1.82, 2.24) is 9.78 Å². The standard InChI is InChI=1S/C15H18N2O3S/c1-3-11(2)17-9-8-12(16-17)10-21(20)14-7-5-4-6-13(14)15(18)19/h4-9,11H,3,10H2,1-2H3,(H,18,19). The molecular weight excluding hydrogens is 288 g/mol. The molecule has 2 atom stereocenters. The minimum Gasteiger partial charge on any atom is -0.478 e. The van der Waals surface area contributed by atoms with Gasteiger partial charge in [-0.2, -0.15) is 5.10 Å². The number of benzene rings is 1. The van der Waals surface area contributed by atoms with Gasteiger partial charge in [-0.05, 0) is 31.5 Å². The van der Waals surface area contributed by atoms with Gasteiger partial charge < -0.3 is 5.11 Å². The molecule has 0 spiro atoms. The van der Waals surface area contributed by atoms with E-state index in [0.29, 0.717) is 16.6 Å². The second kappa shape index (κ2) is 6.67. The van der Waals surface area contributed by atoms with Crippen molar-refractivity contribution in [3.05, 3.63) is 47.8 Å². The first-order valence-electron chi connectivity index (χ1n) is 6.77. The van der Waals surface area contributed by atoms with Crippen LogP contribution in [-0.2, 0) is 16.6 Å². The van der Waals surface area contributed by atoms with Crippen LogP contribution in [0.2, 0.25) is 0 Å². The van der Waals surface area contributed by atoms with Crippen molar-refractivity contribution in [3.8, 4) is 0 Å². The summed E-state index contributed by atoms with van der Waals surface area (Å²) in [5.41, 5.74) is 0.783. The molecule has 0 amide bonds. The molecular formula is C15H18N2O3S. The first-order chi connectivity index (χ1) is 10.0. The first-order valence-corrected chi connectivity index (χ1v) is 8.09. The van der Waals surface area contributed by atoms with E-state index in [1.54, 1.807) is 18.2 Å². The van der Waals surface area contributed by atoms with Gasteiger partial charge in [-0.3, -0.25) is 8.89 Å². The fourth-order valence-corrected chi connectivity index (χ4v) is 3.15. The minimum atomic E-state index is -1.43.